The van der Waals surface area contributed by atoms with Crippen molar-refractivity contribution in [1.29, 1.82) is 0 Å². The number of benzene rings is 1. The average Bonchev–Trinajstić information content (AvgIpc) is 2.64. The summed E-state index contributed by atoms with van der Waals surface area (Å²) in [5, 5.41) is 6.26. The Kier molecular flexibility index (Phi) is 4.42. The number of hydrogen-bond acceptors (Lipinski definition) is 3. The van der Waals surface area contributed by atoms with Crippen LogP contribution in [0.25, 0.3) is 0 Å². The van der Waals surface area contributed by atoms with Crippen LogP contribution < -0.4 is 16.2 Å². The van der Waals surface area contributed by atoms with E-state index in [0.29, 0.717) is 23.1 Å². The normalized spacial score (nSPS) is 21.4. The largest absolute Gasteiger partial charge is 0.317 e. The molecular formula is C22H27N3O2. The zero-order chi connectivity index (χ0) is 19.2. The quantitative estimate of drug-likeness (QED) is 0.860. The highest BCUT2D eigenvalue weighted by Gasteiger charge is 2.31. The molecule has 3 heterocycles. The highest BCUT2D eigenvalue weighted by molar-refractivity contribution is 6.04. The van der Waals surface area contributed by atoms with Gasteiger partial charge in [-0.05, 0) is 54.1 Å². The Labute approximate surface area is 159 Å². The maximum absolute atomic E-state index is 12.9. The number of hydrogen-bond donors (Lipinski definition) is 2. The summed E-state index contributed by atoms with van der Waals surface area (Å²) < 4.78 is 1.86. The summed E-state index contributed by atoms with van der Waals surface area (Å²) in [6.45, 7) is 9.02. The Bertz CT molecular complexity index is 922. The molecule has 2 bridgehead atoms. The van der Waals surface area contributed by atoms with Gasteiger partial charge >= 0.3 is 0 Å². The van der Waals surface area contributed by atoms with E-state index in [-0.39, 0.29) is 16.9 Å². The van der Waals surface area contributed by atoms with Gasteiger partial charge in [-0.3, -0.25) is 9.59 Å². The fourth-order valence-corrected chi connectivity index (χ4v) is 4.20. The van der Waals surface area contributed by atoms with Gasteiger partial charge in [-0.15, -0.1) is 0 Å². The Hall–Kier alpha value is -2.40. The minimum Gasteiger partial charge on any atom is -0.317 e. The Morgan fingerprint density at radius 2 is 1.85 bits per heavy atom. The van der Waals surface area contributed by atoms with Crippen LogP contribution in [-0.2, 0) is 12.0 Å². The molecule has 4 rings (SSSR count). The maximum atomic E-state index is 12.9. The number of nitrogens with zero attached hydrogens (tertiary/aromatic N) is 1. The van der Waals surface area contributed by atoms with Crippen LogP contribution in [0.5, 0.6) is 0 Å². The highest BCUT2D eigenvalue weighted by atomic mass is 16.2. The summed E-state index contributed by atoms with van der Waals surface area (Å²) in [4.78, 5) is 25.5. The van der Waals surface area contributed by atoms with E-state index in [1.165, 1.54) is 5.56 Å². The molecule has 1 saturated heterocycles. The molecule has 0 aliphatic carbocycles. The zero-order valence-electron chi connectivity index (χ0n) is 16.2. The monoisotopic (exact) mass is 365 g/mol. The van der Waals surface area contributed by atoms with Crippen LogP contribution in [0.1, 0.15) is 54.7 Å². The molecule has 5 nitrogen and oxygen atoms in total. The lowest BCUT2D eigenvalue weighted by Gasteiger charge is -2.37. The fourth-order valence-electron chi connectivity index (χ4n) is 4.20. The van der Waals surface area contributed by atoms with Crippen molar-refractivity contribution >= 4 is 11.6 Å². The van der Waals surface area contributed by atoms with E-state index in [1.54, 1.807) is 6.07 Å². The third-order valence-corrected chi connectivity index (χ3v) is 5.77. The fraction of sp³-hybridized carbons (Fsp3) is 0.455. The second kappa shape index (κ2) is 6.64. The van der Waals surface area contributed by atoms with Crippen LogP contribution in [0.3, 0.4) is 0 Å². The number of fused-ring (bicyclic) bond motifs is 4. The van der Waals surface area contributed by atoms with E-state index >= 15 is 0 Å². The van der Waals surface area contributed by atoms with Crippen molar-refractivity contribution in [3.05, 3.63) is 63.6 Å². The lowest BCUT2D eigenvalue weighted by atomic mass is 9.84. The van der Waals surface area contributed by atoms with Crippen LogP contribution in [0, 0.1) is 5.92 Å². The summed E-state index contributed by atoms with van der Waals surface area (Å²) in [6.07, 6.45) is 1.14. The van der Waals surface area contributed by atoms with Crippen LogP contribution in [0.15, 0.2) is 41.2 Å². The summed E-state index contributed by atoms with van der Waals surface area (Å²) in [5.41, 5.74) is 3.12. The topological polar surface area (TPSA) is 63.1 Å². The standard InChI is InChI=1S/C22H27N3O2/c1-22(2,3)17-6-4-15(5-7-17)20(26)24-18-8-9-19-16-10-14(11-23-12-16)13-25(19)21(18)27/h4-9,14,16,23H,10-13H2,1-3H3,(H,24,26)/t14-,16+/m0/s1. The van der Waals surface area contributed by atoms with Gasteiger partial charge in [0.25, 0.3) is 11.5 Å². The Morgan fingerprint density at radius 1 is 1.11 bits per heavy atom. The molecule has 0 spiro atoms. The van der Waals surface area contributed by atoms with Crippen molar-refractivity contribution in [3.63, 3.8) is 0 Å². The van der Waals surface area contributed by atoms with E-state index in [1.807, 2.05) is 34.9 Å². The van der Waals surface area contributed by atoms with E-state index in [9.17, 15) is 9.59 Å². The van der Waals surface area contributed by atoms with Gasteiger partial charge in [-0.1, -0.05) is 32.9 Å². The van der Waals surface area contributed by atoms with Gasteiger partial charge in [0.1, 0.15) is 5.69 Å². The van der Waals surface area contributed by atoms with Crippen molar-refractivity contribution < 1.29 is 4.79 Å². The number of amides is 1. The van der Waals surface area contributed by atoms with Crippen molar-refractivity contribution in [2.24, 2.45) is 5.92 Å². The molecule has 5 heteroatoms. The van der Waals surface area contributed by atoms with E-state index in [0.717, 1.165) is 31.7 Å². The molecule has 2 N–H and O–H groups in total. The molecular weight excluding hydrogens is 338 g/mol. The van der Waals surface area contributed by atoms with E-state index in [2.05, 4.69) is 31.4 Å². The van der Waals surface area contributed by atoms with Gasteiger partial charge in [0, 0.05) is 30.3 Å². The predicted molar refractivity (Wildman–Crippen MR) is 108 cm³/mol. The summed E-state index contributed by atoms with van der Waals surface area (Å²) in [5.74, 6) is 0.635. The molecule has 0 saturated carbocycles. The number of carbonyl (C=O) groups is 1. The van der Waals surface area contributed by atoms with Crippen molar-refractivity contribution in [2.75, 3.05) is 18.4 Å². The molecule has 27 heavy (non-hydrogen) atoms. The van der Waals surface area contributed by atoms with E-state index in [4.69, 9.17) is 0 Å². The molecule has 2 atom stereocenters. The van der Waals surface area contributed by atoms with Gasteiger partial charge in [0.05, 0.1) is 0 Å². The molecule has 1 aromatic heterocycles. The third-order valence-electron chi connectivity index (χ3n) is 5.77. The number of aromatic nitrogens is 1. The van der Waals surface area contributed by atoms with E-state index < -0.39 is 0 Å². The molecule has 2 aromatic rings. The average molecular weight is 365 g/mol. The summed E-state index contributed by atoms with van der Waals surface area (Å²) in [7, 11) is 0. The molecule has 1 amide bonds. The number of carbonyl (C=O) groups excluding carboxylic acids is 1. The van der Waals surface area contributed by atoms with Crippen LogP contribution in [0.4, 0.5) is 5.69 Å². The number of pyridine rings is 1. The van der Waals surface area contributed by atoms with Crippen molar-refractivity contribution in [2.45, 2.75) is 45.1 Å². The van der Waals surface area contributed by atoms with Gasteiger partial charge < -0.3 is 15.2 Å². The first-order valence-electron chi connectivity index (χ1n) is 9.69. The van der Waals surface area contributed by atoms with Crippen molar-refractivity contribution in [3.8, 4) is 0 Å². The molecule has 2 aliphatic heterocycles. The van der Waals surface area contributed by atoms with Gasteiger partial charge in [0.2, 0.25) is 0 Å². The van der Waals surface area contributed by atoms with Crippen LogP contribution >= 0.6 is 0 Å². The number of nitrogens with one attached hydrogen (secondary N) is 2. The number of piperidine rings is 1. The molecule has 0 radical (unpaired) electrons. The molecule has 2 aliphatic rings. The lowest BCUT2D eigenvalue weighted by molar-refractivity contribution is 0.102. The second-order valence-electron chi connectivity index (χ2n) is 8.83. The minimum atomic E-state index is -0.245. The minimum absolute atomic E-state index is 0.0409. The number of anilines is 1. The predicted octanol–water partition coefficient (Wildman–Crippen LogP) is 3.10. The Balaban J connectivity index is 1.57. The summed E-state index contributed by atoms with van der Waals surface area (Å²) >= 11 is 0. The Morgan fingerprint density at radius 3 is 2.56 bits per heavy atom. The van der Waals surface area contributed by atoms with Gasteiger partial charge in [-0.25, -0.2) is 0 Å². The third kappa shape index (κ3) is 3.44. The SMILES string of the molecule is CC(C)(C)c1ccc(C(=O)Nc2ccc3n(c2=O)C[C@@H]2CNC[C@H]3C2)cc1. The summed E-state index contributed by atoms with van der Waals surface area (Å²) in [6, 6.07) is 11.3. The molecule has 1 aromatic carbocycles. The first-order valence-corrected chi connectivity index (χ1v) is 9.69. The van der Waals surface area contributed by atoms with Crippen LogP contribution in [0.2, 0.25) is 0 Å². The maximum Gasteiger partial charge on any atom is 0.274 e. The van der Waals surface area contributed by atoms with Gasteiger partial charge in [0.15, 0.2) is 0 Å². The lowest BCUT2D eigenvalue weighted by Crippen LogP contribution is -2.45. The second-order valence-corrected chi connectivity index (χ2v) is 8.83. The molecule has 0 unspecified atom stereocenters. The van der Waals surface area contributed by atoms with Crippen LogP contribution in [-0.4, -0.2) is 23.6 Å². The first kappa shape index (κ1) is 18.0. The van der Waals surface area contributed by atoms with Gasteiger partial charge in [-0.2, -0.15) is 0 Å². The zero-order valence-corrected chi connectivity index (χ0v) is 16.2. The molecule has 142 valence electrons. The first-order chi connectivity index (χ1) is 12.8. The highest BCUT2D eigenvalue weighted by Crippen LogP contribution is 2.32. The smallest absolute Gasteiger partial charge is 0.274 e. The van der Waals surface area contributed by atoms with Crippen molar-refractivity contribution in [1.82, 2.24) is 9.88 Å². The molecule has 1 fully saturated rings. The number of rotatable bonds is 2.